The topological polar surface area (TPSA) is 56.5 Å². The van der Waals surface area contributed by atoms with E-state index in [0.717, 1.165) is 0 Å². The number of ether oxygens (including phenoxy) is 1. The average molecular weight is 177 g/mol. The van der Waals surface area contributed by atoms with Crippen LogP contribution in [0.2, 0.25) is 0 Å². The first kappa shape index (κ1) is 7.72. The molecule has 0 spiro atoms. The Morgan fingerprint density at radius 2 is 2.46 bits per heavy atom. The summed E-state index contributed by atoms with van der Waals surface area (Å²) in [5, 5.41) is 3.95. The van der Waals surface area contributed by atoms with Crippen LogP contribution in [0.1, 0.15) is 10.5 Å². The number of rotatable bonds is 2. The lowest BCUT2D eigenvalue weighted by atomic mass is 10.5. The highest BCUT2D eigenvalue weighted by Gasteiger charge is 2.01. The van der Waals surface area contributed by atoms with Gasteiger partial charge in [0.2, 0.25) is 0 Å². The van der Waals surface area contributed by atoms with Gasteiger partial charge in [0.05, 0.1) is 19.5 Å². The Morgan fingerprint density at radius 3 is 3.15 bits per heavy atom. The highest BCUT2D eigenvalue weighted by atomic mass is 16.5. The van der Waals surface area contributed by atoms with E-state index in [9.17, 15) is 4.79 Å². The van der Waals surface area contributed by atoms with Crippen LogP contribution in [0.15, 0.2) is 18.5 Å². The van der Waals surface area contributed by atoms with E-state index in [-0.39, 0.29) is 0 Å². The highest BCUT2D eigenvalue weighted by Crippen LogP contribution is 2.09. The van der Waals surface area contributed by atoms with Crippen LogP contribution in [0.25, 0.3) is 5.65 Å². The number of carbonyl (C=O) groups is 1. The maximum atomic E-state index is 10.4. The number of hydrogen-bond donors (Lipinski definition) is 0. The van der Waals surface area contributed by atoms with E-state index < -0.39 is 0 Å². The molecule has 2 aromatic heterocycles. The van der Waals surface area contributed by atoms with E-state index in [0.29, 0.717) is 23.4 Å². The summed E-state index contributed by atoms with van der Waals surface area (Å²) in [6.07, 6.45) is 3.92. The molecule has 5 heteroatoms. The first-order valence-electron chi connectivity index (χ1n) is 3.68. The molecule has 0 bridgehead atoms. The molecule has 0 saturated heterocycles. The van der Waals surface area contributed by atoms with Gasteiger partial charge in [-0.15, -0.1) is 0 Å². The normalized spacial score (nSPS) is 10.2. The van der Waals surface area contributed by atoms with Crippen molar-refractivity contribution in [2.24, 2.45) is 0 Å². The maximum absolute atomic E-state index is 10.4. The van der Waals surface area contributed by atoms with Crippen molar-refractivity contribution in [3.63, 3.8) is 0 Å². The fourth-order valence-electron chi connectivity index (χ4n) is 1.04. The van der Waals surface area contributed by atoms with Crippen LogP contribution >= 0.6 is 0 Å². The molecule has 5 nitrogen and oxygen atoms in total. The summed E-state index contributed by atoms with van der Waals surface area (Å²) in [4.78, 5) is 14.4. The summed E-state index contributed by atoms with van der Waals surface area (Å²) in [5.74, 6) is 0.605. The average Bonchev–Trinajstić information content (AvgIpc) is 2.58. The summed E-state index contributed by atoms with van der Waals surface area (Å²) < 4.78 is 6.46. The van der Waals surface area contributed by atoms with E-state index in [4.69, 9.17) is 4.74 Å². The summed E-state index contributed by atoms with van der Waals surface area (Å²) in [6, 6.07) is 1.60. The summed E-state index contributed by atoms with van der Waals surface area (Å²) >= 11 is 0. The number of nitrogens with zero attached hydrogens (tertiary/aromatic N) is 3. The molecule has 2 heterocycles. The lowest BCUT2D eigenvalue weighted by molar-refractivity contribution is 0.111. The fraction of sp³-hybridized carbons (Fsp3) is 0.125. The van der Waals surface area contributed by atoms with Crippen molar-refractivity contribution >= 4 is 11.9 Å². The van der Waals surface area contributed by atoms with E-state index in [2.05, 4.69) is 10.1 Å². The molecule has 0 N–H and O–H groups in total. The molecule has 0 amide bonds. The van der Waals surface area contributed by atoms with Crippen molar-refractivity contribution in [3.8, 4) is 5.75 Å². The van der Waals surface area contributed by atoms with Gasteiger partial charge < -0.3 is 4.74 Å². The van der Waals surface area contributed by atoms with Crippen LogP contribution in [0.4, 0.5) is 0 Å². The maximum Gasteiger partial charge on any atom is 0.170 e. The zero-order valence-corrected chi connectivity index (χ0v) is 6.97. The first-order chi connectivity index (χ1) is 6.33. The second-order valence-electron chi connectivity index (χ2n) is 2.48. The molecule has 0 saturated carbocycles. The Labute approximate surface area is 74.0 Å². The number of fused-ring (bicyclic) bond motifs is 1. The predicted octanol–water partition coefficient (Wildman–Crippen LogP) is 0.550. The minimum Gasteiger partial charge on any atom is -0.494 e. The van der Waals surface area contributed by atoms with Crippen LogP contribution in [0.5, 0.6) is 5.75 Å². The third-order valence-corrected chi connectivity index (χ3v) is 1.66. The Kier molecular flexibility index (Phi) is 1.70. The van der Waals surface area contributed by atoms with Gasteiger partial charge in [-0.2, -0.15) is 5.10 Å². The molecule has 0 atom stereocenters. The SMILES string of the molecule is COc1cnc2cc(C=O)nn2c1. The molecule has 0 aromatic carbocycles. The van der Waals surface area contributed by atoms with Crippen molar-refractivity contribution in [1.82, 2.24) is 14.6 Å². The summed E-state index contributed by atoms with van der Waals surface area (Å²) in [5.41, 5.74) is 0.989. The zero-order valence-electron chi connectivity index (χ0n) is 6.97. The minimum absolute atomic E-state index is 0.362. The van der Waals surface area contributed by atoms with Gasteiger partial charge in [0.25, 0.3) is 0 Å². The van der Waals surface area contributed by atoms with Gasteiger partial charge in [0.15, 0.2) is 17.7 Å². The monoisotopic (exact) mass is 177 g/mol. The van der Waals surface area contributed by atoms with Gasteiger partial charge in [-0.05, 0) is 0 Å². The standard InChI is InChI=1S/C8H7N3O2/c1-13-7-3-9-8-2-6(5-12)10-11(8)4-7/h2-5H,1H3. The Morgan fingerprint density at radius 1 is 1.62 bits per heavy atom. The lowest BCUT2D eigenvalue weighted by Gasteiger charge is -1.97. The quantitative estimate of drug-likeness (QED) is 0.628. The lowest BCUT2D eigenvalue weighted by Crippen LogP contribution is -1.92. The number of hydrogen-bond acceptors (Lipinski definition) is 4. The van der Waals surface area contributed by atoms with Crippen molar-refractivity contribution < 1.29 is 9.53 Å². The minimum atomic E-state index is 0.362. The van der Waals surface area contributed by atoms with Crippen molar-refractivity contribution in [3.05, 3.63) is 24.2 Å². The Balaban J connectivity index is 2.63. The zero-order chi connectivity index (χ0) is 9.26. The number of aromatic nitrogens is 3. The fourth-order valence-corrected chi connectivity index (χ4v) is 1.04. The molecular formula is C8H7N3O2. The largest absolute Gasteiger partial charge is 0.494 e. The molecule has 66 valence electrons. The third-order valence-electron chi connectivity index (χ3n) is 1.66. The van der Waals surface area contributed by atoms with Gasteiger partial charge in [-0.1, -0.05) is 0 Å². The molecule has 2 rings (SSSR count). The molecule has 13 heavy (non-hydrogen) atoms. The van der Waals surface area contributed by atoms with Gasteiger partial charge in [0.1, 0.15) is 5.69 Å². The van der Waals surface area contributed by atoms with Gasteiger partial charge in [-0.25, -0.2) is 9.50 Å². The Bertz CT molecular complexity index is 450. The molecule has 0 aliphatic heterocycles. The number of aldehydes is 1. The molecule has 0 aliphatic rings. The van der Waals surface area contributed by atoms with Crippen molar-refractivity contribution in [1.29, 1.82) is 0 Å². The number of methoxy groups -OCH3 is 1. The summed E-state index contributed by atoms with van der Waals surface area (Å²) in [7, 11) is 1.55. The summed E-state index contributed by atoms with van der Waals surface area (Å²) in [6.45, 7) is 0. The molecule has 0 aliphatic carbocycles. The van der Waals surface area contributed by atoms with E-state index in [1.54, 1.807) is 25.6 Å². The second kappa shape index (κ2) is 2.85. The van der Waals surface area contributed by atoms with Gasteiger partial charge >= 0.3 is 0 Å². The third kappa shape index (κ3) is 1.24. The smallest absolute Gasteiger partial charge is 0.170 e. The molecule has 0 unspecified atom stereocenters. The van der Waals surface area contributed by atoms with Crippen LogP contribution in [0, 0.1) is 0 Å². The number of carbonyl (C=O) groups excluding carboxylic acids is 1. The van der Waals surface area contributed by atoms with Crippen molar-refractivity contribution in [2.45, 2.75) is 0 Å². The van der Waals surface area contributed by atoms with Crippen LogP contribution in [-0.4, -0.2) is 28.0 Å². The van der Waals surface area contributed by atoms with E-state index in [1.165, 1.54) is 4.52 Å². The Hall–Kier alpha value is -1.91. The molecule has 0 radical (unpaired) electrons. The highest BCUT2D eigenvalue weighted by molar-refractivity contribution is 5.74. The van der Waals surface area contributed by atoms with E-state index >= 15 is 0 Å². The van der Waals surface area contributed by atoms with Crippen LogP contribution in [-0.2, 0) is 0 Å². The van der Waals surface area contributed by atoms with Crippen molar-refractivity contribution in [2.75, 3.05) is 7.11 Å². The molecular weight excluding hydrogens is 170 g/mol. The predicted molar refractivity (Wildman–Crippen MR) is 44.9 cm³/mol. The second-order valence-corrected chi connectivity index (χ2v) is 2.48. The molecule has 0 fully saturated rings. The van der Waals surface area contributed by atoms with Crippen LogP contribution < -0.4 is 4.74 Å². The molecule has 2 aromatic rings. The van der Waals surface area contributed by atoms with Gasteiger partial charge in [-0.3, -0.25) is 4.79 Å². The first-order valence-corrected chi connectivity index (χ1v) is 3.68. The van der Waals surface area contributed by atoms with E-state index in [1.807, 2.05) is 0 Å². The van der Waals surface area contributed by atoms with Crippen LogP contribution in [0.3, 0.4) is 0 Å². The van der Waals surface area contributed by atoms with Gasteiger partial charge in [0, 0.05) is 6.07 Å².